The molecule has 2 rings (SSSR count). The Hall–Kier alpha value is -1.10. The van der Waals surface area contributed by atoms with Crippen LogP contribution in [0, 0.1) is 5.92 Å². The van der Waals surface area contributed by atoms with Crippen LogP contribution in [0.5, 0.6) is 0 Å². The number of ether oxygens (including phenoxy) is 1. The predicted molar refractivity (Wildman–Crippen MR) is 80.2 cm³/mol. The zero-order chi connectivity index (χ0) is 14.5. The van der Waals surface area contributed by atoms with Crippen LogP contribution in [0.25, 0.3) is 0 Å². The number of nitrogens with zero attached hydrogens (tertiary/aromatic N) is 2. The number of benzene rings is 1. The minimum Gasteiger partial charge on any atom is -0.384 e. The normalized spacial score (nSPS) is 20.8. The number of hydrogen-bond donors (Lipinski definition) is 0. The van der Waals surface area contributed by atoms with Crippen molar-refractivity contribution >= 4 is 17.5 Å². The number of amides is 1. The Morgan fingerprint density at radius 3 is 2.65 bits per heavy atom. The van der Waals surface area contributed by atoms with Crippen molar-refractivity contribution in [1.82, 2.24) is 9.80 Å². The monoisotopic (exact) mass is 296 g/mol. The predicted octanol–water partition coefficient (Wildman–Crippen LogP) is 1.99. The van der Waals surface area contributed by atoms with Crippen LogP contribution in [-0.4, -0.2) is 62.7 Å². The van der Waals surface area contributed by atoms with Crippen molar-refractivity contribution < 1.29 is 9.53 Å². The lowest BCUT2D eigenvalue weighted by molar-refractivity contribution is 0.0707. The van der Waals surface area contributed by atoms with Crippen molar-refractivity contribution in [2.75, 3.05) is 46.9 Å². The molecule has 0 spiro atoms. The van der Waals surface area contributed by atoms with Gasteiger partial charge in [0, 0.05) is 49.8 Å². The number of likely N-dealkylation sites (N-methyl/N-ethyl adjacent to an activating group) is 1. The van der Waals surface area contributed by atoms with E-state index in [1.54, 1.807) is 31.4 Å². The van der Waals surface area contributed by atoms with Gasteiger partial charge in [-0.05, 0) is 31.3 Å². The molecule has 1 aliphatic rings. The van der Waals surface area contributed by atoms with Crippen LogP contribution >= 0.6 is 11.6 Å². The average molecular weight is 297 g/mol. The largest absolute Gasteiger partial charge is 0.384 e. The van der Waals surface area contributed by atoms with Crippen LogP contribution in [0.15, 0.2) is 24.3 Å². The van der Waals surface area contributed by atoms with E-state index in [1.165, 1.54) is 0 Å². The first-order chi connectivity index (χ1) is 9.60. The summed E-state index contributed by atoms with van der Waals surface area (Å²) in [6.45, 7) is 4.00. The van der Waals surface area contributed by atoms with E-state index in [1.807, 2.05) is 4.90 Å². The number of rotatable bonds is 3. The zero-order valence-electron chi connectivity index (χ0n) is 12.0. The maximum absolute atomic E-state index is 12.5. The molecule has 1 amide bonds. The number of methoxy groups -OCH3 is 1. The highest BCUT2D eigenvalue weighted by atomic mass is 35.5. The van der Waals surface area contributed by atoms with Crippen molar-refractivity contribution in [3.05, 3.63) is 34.9 Å². The molecule has 4 nitrogen and oxygen atoms in total. The maximum Gasteiger partial charge on any atom is 0.253 e. The lowest BCUT2D eigenvalue weighted by Gasteiger charge is -2.23. The molecule has 1 fully saturated rings. The standard InChI is InChI=1S/C15H21ClN2O2/c1-17-7-8-18(10-12(9-17)11-20-2)15(19)13-3-5-14(16)6-4-13/h3-6,12H,7-11H2,1-2H3/t12-/m1/s1. The van der Waals surface area contributed by atoms with Crippen LogP contribution in [0.4, 0.5) is 0 Å². The molecule has 1 aromatic rings. The van der Waals surface area contributed by atoms with Crippen LogP contribution in [-0.2, 0) is 4.74 Å². The summed E-state index contributed by atoms with van der Waals surface area (Å²) in [4.78, 5) is 16.7. The molecule has 1 heterocycles. The highest BCUT2D eigenvalue weighted by molar-refractivity contribution is 6.30. The molecule has 1 saturated heterocycles. The van der Waals surface area contributed by atoms with Crippen molar-refractivity contribution in [2.24, 2.45) is 5.92 Å². The molecule has 5 heteroatoms. The summed E-state index contributed by atoms with van der Waals surface area (Å²) in [6, 6.07) is 7.08. The first kappa shape index (κ1) is 15.3. The molecular weight excluding hydrogens is 276 g/mol. The lowest BCUT2D eigenvalue weighted by Crippen LogP contribution is -2.36. The molecule has 0 N–H and O–H groups in total. The molecule has 0 radical (unpaired) electrons. The zero-order valence-corrected chi connectivity index (χ0v) is 12.8. The van der Waals surface area contributed by atoms with E-state index in [0.29, 0.717) is 23.1 Å². The first-order valence-electron chi connectivity index (χ1n) is 6.82. The summed E-state index contributed by atoms with van der Waals surface area (Å²) in [6.07, 6.45) is 0. The van der Waals surface area contributed by atoms with Gasteiger partial charge in [0.1, 0.15) is 0 Å². The van der Waals surface area contributed by atoms with Crippen LogP contribution < -0.4 is 0 Å². The fraction of sp³-hybridized carbons (Fsp3) is 0.533. The lowest BCUT2D eigenvalue weighted by atomic mass is 10.1. The maximum atomic E-state index is 12.5. The van der Waals surface area contributed by atoms with Gasteiger partial charge in [-0.2, -0.15) is 0 Å². The van der Waals surface area contributed by atoms with Gasteiger partial charge in [-0.25, -0.2) is 0 Å². The van der Waals surface area contributed by atoms with Crippen molar-refractivity contribution in [1.29, 1.82) is 0 Å². The van der Waals surface area contributed by atoms with Gasteiger partial charge in [0.15, 0.2) is 0 Å². The number of carbonyl (C=O) groups excluding carboxylic acids is 1. The molecule has 1 atom stereocenters. The van der Waals surface area contributed by atoms with Crippen LogP contribution in [0.1, 0.15) is 10.4 Å². The van der Waals surface area contributed by atoms with Crippen molar-refractivity contribution in [3.63, 3.8) is 0 Å². The summed E-state index contributed by atoms with van der Waals surface area (Å²) in [5.41, 5.74) is 0.690. The van der Waals surface area contributed by atoms with E-state index in [2.05, 4.69) is 11.9 Å². The molecule has 0 aromatic heterocycles. The summed E-state index contributed by atoms with van der Waals surface area (Å²) in [5, 5.41) is 0.648. The average Bonchev–Trinajstić information content (AvgIpc) is 2.61. The van der Waals surface area contributed by atoms with Gasteiger partial charge in [0.05, 0.1) is 6.61 Å². The van der Waals surface area contributed by atoms with Crippen molar-refractivity contribution in [3.8, 4) is 0 Å². The molecule has 1 aromatic carbocycles. The summed E-state index contributed by atoms with van der Waals surface area (Å²) in [5.74, 6) is 0.418. The Kier molecular flexibility index (Phi) is 5.40. The van der Waals surface area contributed by atoms with E-state index in [0.717, 1.165) is 26.2 Å². The fourth-order valence-electron chi connectivity index (χ4n) is 2.58. The third-order valence-electron chi connectivity index (χ3n) is 3.58. The SMILES string of the molecule is COC[C@@H]1CN(C)CCN(C(=O)c2ccc(Cl)cc2)C1. The Balaban J connectivity index is 2.09. The van der Waals surface area contributed by atoms with Crippen molar-refractivity contribution in [2.45, 2.75) is 0 Å². The van der Waals surface area contributed by atoms with Gasteiger partial charge in [-0.15, -0.1) is 0 Å². The highest BCUT2D eigenvalue weighted by Gasteiger charge is 2.24. The van der Waals surface area contributed by atoms with Gasteiger partial charge in [-0.3, -0.25) is 4.79 Å². The minimum absolute atomic E-state index is 0.0677. The van der Waals surface area contributed by atoms with E-state index in [4.69, 9.17) is 16.3 Å². The van der Waals surface area contributed by atoms with Gasteiger partial charge in [-0.1, -0.05) is 11.6 Å². The van der Waals surface area contributed by atoms with Gasteiger partial charge < -0.3 is 14.5 Å². The Labute approximate surface area is 125 Å². The molecule has 1 aliphatic heterocycles. The first-order valence-corrected chi connectivity index (χ1v) is 7.20. The molecule has 0 aliphatic carbocycles. The van der Waals surface area contributed by atoms with E-state index in [-0.39, 0.29) is 5.91 Å². The van der Waals surface area contributed by atoms with E-state index >= 15 is 0 Å². The van der Waals surface area contributed by atoms with E-state index in [9.17, 15) is 4.79 Å². The van der Waals surface area contributed by atoms with E-state index < -0.39 is 0 Å². The highest BCUT2D eigenvalue weighted by Crippen LogP contribution is 2.15. The molecule has 0 bridgehead atoms. The third-order valence-corrected chi connectivity index (χ3v) is 3.83. The van der Waals surface area contributed by atoms with Gasteiger partial charge in [0.2, 0.25) is 0 Å². The summed E-state index contributed by atoms with van der Waals surface area (Å²) < 4.78 is 5.25. The third kappa shape index (κ3) is 3.95. The quantitative estimate of drug-likeness (QED) is 0.855. The van der Waals surface area contributed by atoms with Gasteiger partial charge >= 0.3 is 0 Å². The minimum atomic E-state index is 0.0677. The Morgan fingerprint density at radius 2 is 2.00 bits per heavy atom. The number of halogens is 1. The molecule has 110 valence electrons. The van der Waals surface area contributed by atoms with Crippen LogP contribution in [0.2, 0.25) is 5.02 Å². The second-order valence-electron chi connectivity index (χ2n) is 5.34. The second-order valence-corrected chi connectivity index (χ2v) is 5.78. The second kappa shape index (κ2) is 7.07. The Morgan fingerprint density at radius 1 is 1.30 bits per heavy atom. The number of hydrogen-bond acceptors (Lipinski definition) is 3. The molecule has 0 saturated carbocycles. The fourth-order valence-corrected chi connectivity index (χ4v) is 2.71. The Bertz CT molecular complexity index is 450. The molecule has 0 unspecified atom stereocenters. The number of carbonyl (C=O) groups is 1. The van der Waals surface area contributed by atoms with Gasteiger partial charge in [0.25, 0.3) is 5.91 Å². The molecular formula is C15H21ClN2O2. The van der Waals surface area contributed by atoms with Crippen LogP contribution in [0.3, 0.4) is 0 Å². The summed E-state index contributed by atoms with van der Waals surface area (Å²) >= 11 is 5.86. The smallest absolute Gasteiger partial charge is 0.253 e. The topological polar surface area (TPSA) is 32.8 Å². The summed E-state index contributed by atoms with van der Waals surface area (Å²) in [7, 11) is 3.79. The molecule has 20 heavy (non-hydrogen) atoms.